The third-order valence-corrected chi connectivity index (χ3v) is 6.99. The number of amides is 1. The number of aryl methyl sites for hydroxylation is 1. The van der Waals surface area contributed by atoms with Gasteiger partial charge in [-0.2, -0.15) is 0 Å². The fourth-order valence-electron chi connectivity index (χ4n) is 3.66. The molecule has 1 aliphatic heterocycles. The maximum absolute atomic E-state index is 12.5. The molecule has 1 aliphatic rings. The summed E-state index contributed by atoms with van der Waals surface area (Å²) in [7, 11) is -3.75. The number of carbonyl (C=O) groups excluding carboxylic acids is 1. The predicted octanol–water partition coefficient (Wildman–Crippen LogP) is 2.48. The van der Waals surface area contributed by atoms with E-state index in [4.69, 9.17) is 4.74 Å². The van der Waals surface area contributed by atoms with E-state index in [-0.39, 0.29) is 12.6 Å². The molecule has 0 saturated carbocycles. The summed E-state index contributed by atoms with van der Waals surface area (Å²) < 4.78 is 32.4. The molecule has 1 fully saturated rings. The predicted molar refractivity (Wildman–Crippen MR) is 113 cm³/mol. The van der Waals surface area contributed by atoms with Crippen LogP contribution in [-0.2, 0) is 26.2 Å². The molecule has 2 heterocycles. The zero-order chi connectivity index (χ0) is 21.7. The molecular formula is C21H29N3O5S. The minimum Gasteiger partial charge on any atom is -0.373 e. The summed E-state index contributed by atoms with van der Waals surface area (Å²) in [4.78, 5) is 16.4. The minimum atomic E-state index is -3.75. The second-order valence-electron chi connectivity index (χ2n) is 7.62. The van der Waals surface area contributed by atoms with Gasteiger partial charge in [0.15, 0.2) is 0 Å². The van der Waals surface area contributed by atoms with E-state index in [0.717, 1.165) is 22.2 Å². The summed E-state index contributed by atoms with van der Waals surface area (Å²) in [6.07, 6.45) is 1.63. The molecule has 0 aliphatic carbocycles. The summed E-state index contributed by atoms with van der Waals surface area (Å²) in [6.45, 7) is 4.91. The monoisotopic (exact) mass is 435 g/mol. The highest BCUT2D eigenvalue weighted by atomic mass is 32.2. The summed E-state index contributed by atoms with van der Waals surface area (Å²) in [5.74, 6) is -1.51. The molecule has 8 nitrogen and oxygen atoms in total. The summed E-state index contributed by atoms with van der Waals surface area (Å²) in [5, 5.41) is 11.1. The van der Waals surface area contributed by atoms with Crippen molar-refractivity contribution in [3.8, 4) is 0 Å². The molecule has 0 unspecified atom stereocenters. The first-order valence-corrected chi connectivity index (χ1v) is 11.8. The minimum absolute atomic E-state index is 0.0474. The Morgan fingerprint density at radius 1 is 1.30 bits per heavy atom. The van der Waals surface area contributed by atoms with Crippen molar-refractivity contribution in [2.45, 2.75) is 45.8 Å². The Kier molecular flexibility index (Phi) is 7.41. The molecule has 0 atom stereocenters. The number of nitrogens with zero attached hydrogens (tertiary/aromatic N) is 3. The van der Waals surface area contributed by atoms with Crippen LogP contribution in [0.3, 0.4) is 0 Å². The van der Waals surface area contributed by atoms with E-state index in [9.17, 15) is 18.4 Å². The van der Waals surface area contributed by atoms with E-state index in [0.29, 0.717) is 44.0 Å². The molecular weight excluding hydrogens is 406 g/mol. The molecule has 2 aromatic rings. The zero-order valence-electron chi connectivity index (χ0n) is 17.5. The molecule has 1 aromatic heterocycles. The molecule has 1 amide bonds. The molecule has 164 valence electrons. The largest absolute Gasteiger partial charge is 0.373 e. The van der Waals surface area contributed by atoms with Crippen molar-refractivity contribution in [2.24, 2.45) is 0 Å². The van der Waals surface area contributed by atoms with Crippen LogP contribution < -0.4 is 0 Å². The number of hydroxylamine groups is 2. The molecule has 1 saturated heterocycles. The zero-order valence-corrected chi connectivity index (χ0v) is 18.3. The smallest absolute Gasteiger partial charge is 0.262 e. The van der Waals surface area contributed by atoms with Crippen LogP contribution in [0.4, 0.5) is 0 Å². The van der Waals surface area contributed by atoms with E-state index in [1.54, 1.807) is 6.92 Å². The van der Waals surface area contributed by atoms with Gasteiger partial charge in [0.2, 0.25) is 10.0 Å². The molecule has 1 N–H and O–H groups in total. The Balaban J connectivity index is 1.54. The van der Waals surface area contributed by atoms with Crippen molar-refractivity contribution >= 4 is 26.8 Å². The van der Waals surface area contributed by atoms with Crippen molar-refractivity contribution < 1.29 is 23.2 Å². The number of fused-ring (bicyclic) bond motifs is 1. The van der Waals surface area contributed by atoms with Crippen molar-refractivity contribution in [1.29, 1.82) is 0 Å². The topological polar surface area (TPSA) is 100 Å². The van der Waals surface area contributed by atoms with Crippen LogP contribution in [0.1, 0.15) is 37.4 Å². The van der Waals surface area contributed by atoms with Crippen LogP contribution >= 0.6 is 0 Å². The van der Waals surface area contributed by atoms with Gasteiger partial charge in [-0.05, 0) is 43.9 Å². The summed E-state index contributed by atoms with van der Waals surface area (Å²) in [6, 6.07) is 9.95. The van der Waals surface area contributed by atoms with Gasteiger partial charge in [-0.1, -0.05) is 25.1 Å². The van der Waals surface area contributed by atoms with E-state index >= 15 is 0 Å². The van der Waals surface area contributed by atoms with Gasteiger partial charge in [0, 0.05) is 30.7 Å². The highest BCUT2D eigenvalue weighted by Gasteiger charge is 2.31. The lowest BCUT2D eigenvalue weighted by Crippen LogP contribution is -2.45. The maximum Gasteiger partial charge on any atom is 0.262 e. The van der Waals surface area contributed by atoms with Gasteiger partial charge in [0.25, 0.3) is 5.91 Å². The number of pyridine rings is 1. The molecule has 0 bridgehead atoms. The number of benzene rings is 1. The number of ether oxygens (including phenoxy) is 1. The van der Waals surface area contributed by atoms with E-state index in [1.807, 2.05) is 37.3 Å². The van der Waals surface area contributed by atoms with Crippen molar-refractivity contribution in [3.63, 3.8) is 0 Å². The number of para-hydroxylation sites is 1. The SMILES string of the molecule is CCCN(O)C(=O)CS(=O)(=O)N1CCC(OCc2cc(C)nc3ccccc23)CC1. The third-order valence-electron chi connectivity index (χ3n) is 5.23. The second-order valence-corrected chi connectivity index (χ2v) is 9.59. The normalized spacial score (nSPS) is 16.1. The lowest BCUT2D eigenvalue weighted by molar-refractivity contribution is -0.162. The molecule has 0 radical (unpaired) electrons. The quantitative estimate of drug-likeness (QED) is 0.505. The number of hydrogen-bond donors (Lipinski definition) is 1. The van der Waals surface area contributed by atoms with E-state index < -0.39 is 21.7 Å². The molecule has 3 rings (SSSR count). The van der Waals surface area contributed by atoms with Gasteiger partial charge in [0.1, 0.15) is 5.75 Å². The van der Waals surface area contributed by atoms with Gasteiger partial charge < -0.3 is 4.74 Å². The first-order valence-electron chi connectivity index (χ1n) is 10.2. The van der Waals surface area contributed by atoms with Gasteiger partial charge in [-0.3, -0.25) is 15.0 Å². The molecule has 0 spiro atoms. The number of hydrogen-bond acceptors (Lipinski definition) is 6. The Hall–Kier alpha value is -2.07. The number of aromatic nitrogens is 1. The van der Waals surface area contributed by atoms with Crippen LogP contribution in [-0.4, -0.2) is 65.4 Å². The van der Waals surface area contributed by atoms with Gasteiger partial charge in [-0.15, -0.1) is 0 Å². The second kappa shape index (κ2) is 9.82. The van der Waals surface area contributed by atoms with Gasteiger partial charge >= 0.3 is 0 Å². The first-order chi connectivity index (χ1) is 14.3. The van der Waals surface area contributed by atoms with Crippen LogP contribution in [0, 0.1) is 6.92 Å². The number of rotatable bonds is 8. The first kappa shape index (κ1) is 22.6. The fraction of sp³-hybridized carbons (Fsp3) is 0.524. The Morgan fingerprint density at radius 3 is 2.70 bits per heavy atom. The summed E-state index contributed by atoms with van der Waals surface area (Å²) >= 11 is 0. The average Bonchev–Trinajstić information content (AvgIpc) is 2.72. The van der Waals surface area contributed by atoms with Crippen molar-refractivity contribution in [3.05, 3.63) is 41.6 Å². The lowest BCUT2D eigenvalue weighted by Gasteiger charge is -2.31. The Bertz CT molecular complexity index is 987. The van der Waals surface area contributed by atoms with Crippen LogP contribution in [0.2, 0.25) is 0 Å². The number of piperidine rings is 1. The Morgan fingerprint density at radius 2 is 2.00 bits per heavy atom. The fourth-order valence-corrected chi connectivity index (χ4v) is 5.07. The van der Waals surface area contributed by atoms with Crippen molar-refractivity contribution in [2.75, 3.05) is 25.4 Å². The van der Waals surface area contributed by atoms with Gasteiger partial charge in [0.05, 0.1) is 18.2 Å². The molecule has 1 aromatic carbocycles. The third kappa shape index (κ3) is 5.54. The van der Waals surface area contributed by atoms with Crippen LogP contribution in [0.15, 0.2) is 30.3 Å². The maximum atomic E-state index is 12.5. The average molecular weight is 436 g/mol. The van der Waals surface area contributed by atoms with E-state index in [2.05, 4.69) is 4.98 Å². The van der Waals surface area contributed by atoms with E-state index in [1.165, 1.54) is 4.31 Å². The van der Waals surface area contributed by atoms with Crippen LogP contribution in [0.25, 0.3) is 10.9 Å². The van der Waals surface area contributed by atoms with Crippen LogP contribution in [0.5, 0.6) is 0 Å². The lowest BCUT2D eigenvalue weighted by atomic mass is 10.1. The highest BCUT2D eigenvalue weighted by Crippen LogP contribution is 2.22. The van der Waals surface area contributed by atoms with Gasteiger partial charge in [-0.25, -0.2) is 17.8 Å². The van der Waals surface area contributed by atoms with Crippen molar-refractivity contribution in [1.82, 2.24) is 14.4 Å². The summed E-state index contributed by atoms with van der Waals surface area (Å²) in [5.41, 5.74) is 2.93. The highest BCUT2D eigenvalue weighted by molar-refractivity contribution is 7.89. The number of carbonyl (C=O) groups is 1. The Labute approximate surface area is 177 Å². The molecule has 30 heavy (non-hydrogen) atoms. The standard InChI is InChI=1S/C21H29N3O5S/c1-3-10-24(26)21(25)15-30(27,28)23-11-8-18(9-12-23)29-14-17-13-16(2)22-20-7-5-4-6-19(17)20/h4-7,13,18,26H,3,8-12,14-15H2,1-2H3. The molecule has 9 heteroatoms. The number of sulfonamides is 1.